The molecule has 0 atom stereocenters. The largest absolute Gasteiger partial charge is 0.392 e. The van der Waals surface area contributed by atoms with Crippen molar-refractivity contribution in [2.75, 3.05) is 13.1 Å². The summed E-state index contributed by atoms with van der Waals surface area (Å²) in [5.74, 6) is 0.0746. The van der Waals surface area contributed by atoms with E-state index in [0.717, 1.165) is 18.7 Å². The zero-order valence-electron chi connectivity index (χ0n) is 11.5. The molecule has 104 valence electrons. The number of amides is 1. The summed E-state index contributed by atoms with van der Waals surface area (Å²) in [5, 5.41) is 18.5. The minimum absolute atomic E-state index is 0.0746. The van der Waals surface area contributed by atoms with Crippen LogP contribution < -0.4 is 0 Å². The van der Waals surface area contributed by atoms with Gasteiger partial charge >= 0.3 is 0 Å². The Morgan fingerprint density at radius 2 is 2.30 bits per heavy atom. The Morgan fingerprint density at radius 1 is 1.50 bits per heavy atom. The van der Waals surface area contributed by atoms with Crippen LogP contribution in [-0.4, -0.2) is 34.7 Å². The summed E-state index contributed by atoms with van der Waals surface area (Å²) in [6.45, 7) is 3.09. The number of aliphatic hydroxyl groups is 1. The first-order chi connectivity index (χ1) is 9.69. The molecule has 0 bridgehead atoms. The quantitative estimate of drug-likeness (QED) is 0.906. The van der Waals surface area contributed by atoms with Gasteiger partial charge in [-0.15, -0.1) is 0 Å². The molecule has 0 aromatic heterocycles. The number of rotatable bonds is 4. The lowest BCUT2D eigenvalue weighted by atomic mass is 10.1. The van der Waals surface area contributed by atoms with Crippen LogP contribution in [0.2, 0.25) is 0 Å². The minimum Gasteiger partial charge on any atom is -0.392 e. The fourth-order valence-corrected chi connectivity index (χ4v) is 2.30. The van der Waals surface area contributed by atoms with Gasteiger partial charge in [0.2, 0.25) is 5.91 Å². The van der Waals surface area contributed by atoms with Gasteiger partial charge in [-0.25, -0.2) is 0 Å². The average Bonchev–Trinajstić information content (AvgIpc) is 2.79. The first-order valence-electron chi connectivity index (χ1n) is 6.66. The van der Waals surface area contributed by atoms with E-state index in [4.69, 9.17) is 5.26 Å². The summed E-state index contributed by atoms with van der Waals surface area (Å²) in [5.41, 5.74) is 2.27. The number of nitrogens with zero attached hydrogens (tertiary/aromatic N) is 3. The highest BCUT2D eigenvalue weighted by molar-refractivity contribution is 6.09. The van der Waals surface area contributed by atoms with Crippen molar-refractivity contribution in [2.24, 2.45) is 4.99 Å². The number of carbonyl (C=O) groups excluding carboxylic acids is 1. The Hall–Kier alpha value is -2.19. The van der Waals surface area contributed by atoms with E-state index in [-0.39, 0.29) is 12.5 Å². The van der Waals surface area contributed by atoms with Crippen LogP contribution in [0.5, 0.6) is 0 Å². The number of aliphatic imine (C=N–C) groups is 1. The highest BCUT2D eigenvalue weighted by Crippen LogP contribution is 2.26. The fourth-order valence-electron chi connectivity index (χ4n) is 2.30. The van der Waals surface area contributed by atoms with E-state index in [9.17, 15) is 9.90 Å². The molecule has 1 aliphatic rings. The zero-order chi connectivity index (χ0) is 14.5. The molecular weight excluding hydrogens is 254 g/mol. The number of para-hydroxylation sites is 1. The number of hydrogen-bond acceptors (Lipinski definition) is 4. The van der Waals surface area contributed by atoms with Crippen molar-refractivity contribution >= 4 is 17.3 Å². The second-order valence-corrected chi connectivity index (χ2v) is 4.75. The average molecular weight is 271 g/mol. The third-order valence-electron chi connectivity index (χ3n) is 3.26. The van der Waals surface area contributed by atoms with Gasteiger partial charge < -0.3 is 10.0 Å². The van der Waals surface area contributed by atoms with E-state index >= 15 is 0 Å². The van der Waals surface area contributed by atoms with Gasteiger partial charge in [-0.2, -0.15) is 5.26 Å². The predicted octanol–water partition coefficient (Wildman–Crippen LogP) is 1.77. The van der Waals surface area contributed by atoms with Crippen LogP contribution in [0, 0.1) is 11.3 Å². The number of likely N-dealkylation sites (tertiary alicyclic amines) is 1. The topological polar surface area (TPSA) is 76.7 Å². The minimum atomic E-state index is -0.172. The van der Waals surface area contributed by atoms with E-state index in [1.54, 1.807) is 23.1 Å². The highest BCUT2D eigenvalue weighted by Gasteiger charge is 2.25. The normalized spacial score (nSPS) is 16.8. The van der Waals surface area contributed by atoms with Gasteiger partial charge in [0.25, 0.3) is 0 Å². The summed E-state index contributed by atoms with van der Waals surface area (Å²) in [7, 11) is 0. The molecule has 1 aromatic rings. The standard InChI is InChI=1S/C15H17N3O2/c1-2-6-18-9-13(7-14(18)20)17-15-11(8-16)4-3-5-12(15)10-19/h3-5,19H,2,6-7,9-10H2,1H3. The van der Waals surface area contributed by atoms with Crippen molar-refractivity contribution in [3.8, 4) is 6.07 Å². The third kappa shape index (κ3) is 2.86. The van der Waals surface area contributed by atoms with Crippen molar-refractivity contribution in [3.05, 3.63) is 29.3 Å². The van der Waals surface area contributed by atoms with Crippen molar-refractivity contribution in [1.29, 1.82) is 5.26 Å². The van der Waals surface area contributed by atoms with Crippen molar-refractivity contribution in [3.63, 3.8) is 0 Å². The van der Waals surface area contributed by atoms with Gasteiger partial charge in [0.1, 0.15) is 6.07 Å². The lowest BCUT2D eigenvalue weighted by Gasteiger charge is -2.12. The van der Waals surface area contributed by atoms with Crippen LogP contribution in [0.1, 0.15) is 30.9 Å². The number of benzene rings is 1. The van der Waals surface area contributed by atoms with Gasteiger partial charge in [0.15, 0.2) is 0 Å². The Balaban J connectivity index is 2.33. The van der Waals surface area contributed by atoms with E-state index in [1.807, 2.05) is 6.92 Å². The van der Waals surface area contributed by atoms with Crippen LogP contribution >= 0.6 is 0 Å². The van der Waals surface area contributed by atoms with Crippen molar-refractivity contribution in [2.45, 2.75) is 26.4 Å². The molecule has 0 aliphatic carbocycles. The summed E-state index contributed by atoms with van der Waals surface area (Å²) in [4.78, 5) is 18.0. The summed E-state index contributed by atoms with van der Waals surface area (Å²) in [6.07, 6.45) is 1.21. The zero-order valence-corrected chi connectivity index (χ0v) is 11.5. The predicted molar refractivity (Wildman–Crippen MR) is 75.7 cm³/mol. The molecule has 1 heterocycles. The fraction of sp³-hybridized carbons (Fsp3) is 0.400. The summed E-state index contributed by atoms with van der Waals surface area (Å²) >= 11 is 0. The molecule has 1 fully saturated rings. The number of carbonyl (C=O) groups is 1. The van der Waals surface area contributed by atoms with Gasteiger partial charge in [-0.3, -0.25) is 9.79 Å². The molecule has 20 heavy (non-hydrogen) atoms. The SMILES string of the molecule is CCCN1CC(=Nc2c(C#N)cccc2CO)CC1=O. The molecule has 1 aromatic carbocycles. The number of aliphatic hydroxyl groups excluding tert-OH is 1. The Labute approximate surface area is 118 Å². The lowest BCUT2D eigenvalue weighted by molar-refractivity contribution is -0.127. The Bertz CT molecular complexity index is 587. The van der Waals surface area contributed by atoms with E-state index in [1.165, 1.54) is 0 Å². The number of hydrogen-bond donors (Lipinski definition) is 1. The van der Waals surface area contributed by atoms with Gasteiger partial charge in [-0.1, -0.05) is 19.1 Å². The molecule has 0 unspecified atom stereocenters. The van der Waals surface area contributed by atoms with Gasteiger partial charge in [-0.05, 0) is 12.5 Å². The molecule has 1 N–H and O–H groups in total. The number of nitriles is 1. The molecule has 1 amide bonds. The van der Waals surface area contributed by atoms with E-state index in [0.29, 0.717) is 29.8 Å². The Morgan fingerprint density at radius 3 is 2.95 bits per heavy atom. The first kappa shape index (κ1) is 14.2. The molecule has 5 nitrogen and oxygen atoms in total. The second kappa shape index (κ2) is 6.31. The molecule has 1 aliphatic heterocycles. The third-order valence-corrected chi connectivity index (χ3v) is 3.26. The summed E-state index contributed by atoms with van der Waals surface area (Å²) < 4.78 is 0. The van der Waals surface area contributed by atoms with Crippen molar-refractivity contribution < 1.29 is 9.90 Å². The molecule has 2 rings (SSSR count). The maximum Gasteiger partial charge on any atom is 0.228 e. The first-order valence-corrected chi connectivity index (χ1v) is 6.66. The molecule has 5 heteroatoms. The maximum absolute atomic E-state index is 11.8. The van der Waals surface area contributed by atoms with Crippen molar-refractivity contribution in [1.82, 2.24) is 4.90 Å². The van der Waals surface area contributed by atoms with Crippen LogP contribution in [-0.2, 0) is 11.4 Å². The molecule has 1 saturated heterocycles. The molecule has 0 spiro atoms. The van der Waals surface area contributed by atoms with E-state index < -0.39 is 0 Å². The molecule has 0 saturated carbocycles. The van der Waals surface area contributed by atoms with Gasteiger partial charge in [0.05, 0.1) is 30.8 Å². The smallest absolute Gasteiger partial charge is 0.228 e. The second-order valence-electron chi connectivity index (χ2n) is 4.75. The van der Waals surface area contributed by atoms with Crippen LogP contribution in [0.15, 0.2) is 23.2 Å². The monoisotopic (exact) mass is 271 g/mol. The maximum atomic E-state index is 11.8. The summed E-state index contributed by atoms with van der Waals surface area (Å²) in [6, 6.07) is 7.20. The molecule has 0 radical (unpaired) electrons. The highest BCUT2D eigenvalue weighted by atomic mass is 16.3. The van der Waals surface area contributed by atoms with Crippen LogP contribution in [0.3, 0.4) is 0 Å². The Kier molecular flexibility index (Phi) is 4.49. The van der Waals surface area contributed by atoms with E-state index in [2.05, 4.69) is 11.1 Å². The van der Waals surface area contributed by atoms with Crippen LogP contribution in [0.25, 0.3) is 0 Å². The molecular formula is C15H17N3O2. The lowest BCUT2D eigenvalue weighted by Crippen LogP contribution is -2.25. The van der Waals surface area contributed by atoms with Crippen LogP contribution in [0.4, 0.5) is 5.69 Å². The van der Waals surface area contributed by atoms with Gasteiger partial charge in [0, 0.05) is 17.8 Å².